The van der Waals surface area contributed by atoms with E-state index in [1.165, 1.54) is 54.7 Å². The molecule has 1 aliphatic rings. The molecule has 1 fully saturated rings. The van der Waals surface area contributed by atoms with Gasteiger partial charge in [0, 0.05) is 18.8 Å². The molecule has 1 heterocycles. The number of hydrogen-bond acceptors (Lipinski definition) is 1. The van der Waals surface area contributed by atoms with Crippen LogP contribution in [0.4, 0.5) is 5.69 Å². The molecule has 1 nitrogen and oxygen atoms in total. The van der Waals surface area contributed by atoms with E-state index >= 15 is 0 Å². The molecular weight excluding hydrogens is 242 g/mol. The van der Waals surface area contributed by atoms with Crippen molar-refractivity contribution in [1.82, 2.24) is 0 Å². The first kappa shape index (κ1) is 13.2. The highest BCUT2D eigenvalue weighted by atomic mass is 15.1. The lowest BCUT2D eigenvalue weighted by Gasteiger charge is -2.29. The third-order valence-electron chi connectivity index (χ3n) is 4.28. The zero-order chi connectivity index (χ0) is 13.8. The van der Waals surface area contributed by atoms with Crippen LogP contribution in [0.3, 0.4) is 0 Å². The molecular formula is C19H23N. The molecule has 3 rings (SSSR count). The fourth-order valence-electron chi connectivity index (χ4n) is 3.04. The van der Waals surface area contributed by atoms with Crippen LogP contribution in [0.15, 0.2) is 48.5 Å². The van der Waals surface area contributed by atoms with Gasteiger partial charge in [-0.3, -0.25) is 0 Å². The van der Waals surface area contributed by atoms with Gasteiger partial charge in [0.2, 0.25) is 0 Å². The Kier molecular flexibility index (Phi) is 4.05. The van der Waals surface area contributed by atoms with Crippen LogP contribution >= 0.6 is 0 Å². The van der Waals surface area contributed by atoms with Gasteiger partial charge in [-0.15, -0.1) is 0 Å². The summed E-state index contributed by atoms with van der Waals surface area (Å²) in [5.74, 6) is 0. The molecule has 104 valence electrons. The fourth-order valence-corrected chi connectivity index (χ4v) is 3.04. The molecule has 0 aromatic heterocycles. The SMILES string of the molecule is Cc1cc(N2CCCCC2)ccc1Cc1ccccc1. The van der Waals surface area contributed by atoms with Crippen molar-refractivity contribution in [2.75, 3.05) is 18.0 Å². The highest BCUT2D eigenvalue weighted by molar-refractivity contribution is 5.51. The van der Waals surface area contributed by atoms with Gasteiger partial charge in [0.05, 0.1) is 0 Å². The Bertz CT molecular complexity index is 553. The van der Waals surface area contributed by atoms with Gasteiger partial charge in [-0.1, -0.05) is 36.4 Å². The number of aryl methyl sites for hydroxylation is 1. The second kappa shape index (κ2) is 6.13. The van der Waals surface area contributed by atoms with Crippen LogP contribution < -0.4 is 4.90 Å². The predicted octanol–water partition coefficient (Wildman–Crippen LogP) is 4.58. The number of nitrogens with zero attached hydrogens (tertiary/aromatic N) is 1. The summed E-state index contributed by atoms with van der Waals surface area (Å²) in [5.41, 5.74) is 5.65. The van der Waals surface area contributed by atoms with E-state index in [0.717, 1.165) is 6.42 Å². The van der Waals surface area contributed by atoms with Gasteiger partial charge < -0.3 is 4.90 Å². The second-order valence-corrected chi connectivity index (χ2v) is 5.82. The van der Waals surface area contributed by atoms with E-state index < -0.39 is 0 Å². The number of hydrogen-bond donors (Lipinski definition) is 0. The molecule has 20 heavy (non-hydrogen) atoms. The lowest BCUT2D eigenvalue weighted by atomic mass is 9.99. The normalized spacial score (nSPS) is 15.3. The molecule has 0 aliphatic carbocycles. The maximum atomic E-state index is 2.53. The first-order valence-electron chi connectivity index (χ1n) is 7.71. The molecule has 0 spiro atoms. The van der Waals surface area contributed by atoms with Gasteiger partial charge in [-0.25, -0.2) is 0 Å². The van der Waals surface area contributed by atoms with E-state index in [9.17, 15) is 0 Å². The monoisotopic (exact) mass is 265 g/mol. The molecule has 0 bridgehead atoms. The smallest absolute Gasteiger partial charge is 0.0369 e. The van der Waals surface area contributed by atoms with E-state index in [1.54, 1.807) is 0 Å². The molecule has 0 N–H and O–H groups in total. The number of anilines is 1. The third-order valence-corrected chi connectivity index (χ3v) is 4.28. The quantitative estimate of drug-likeness (QED) is 0.785. The summed E-state index contributed by atoms with van der Waals surface area (Å²) in [6.07, 6.45) is 5.10. The molecule has 0 amide bonds. The molecule has 0 atom stereocenters. The van der Waals surface area contributed by atoms with Crippen molar-refractivity contribution >= 4 is 5.69 Å². The molecule has 0 unspecified atom stereocenters. The highest BCUT2D eigenvalue weighted by Crippen LogP contribution is 2.24. The lowest BCUT2D eigenvalue weighted by Crippen LogP contribution is -2.29. The van der Waals surface area contributed by atoms with Crippen LogP contribution in [0.25, 0.3) is 0 Å². The van der Waals surface area contributed by atoms with Crippen molar-refractivity contribution in [1.29, 1.82) is 0 Å². The topological polar surface area (TPSA) is 3.24 Å². The third kappa shape index (κ3) is 3.04. The Morgan fingerprint density at radius 3 is 2.35 bits per heavy atom. The van der Waals surface area contributed by atoms with Crippen LogP contribution in [0.2, 0.25) is 0 Å². The Labute approximate surface area is 122 Å². The predicted molar refractivity (Wildman–Crippen MR) is 86.5 cm³/mol. The Balaban J connectivity index is 1.77. The first-order valence-corrected chi connectivity index (χ1v) is 7.71. The van der Waals surface area contributed by atoms with Crippen molar-refractivity contribution in [2.45, 2.75) is 32.6 Å². The van der Waals surface area contributed by atoms with Crippen LogP contribution in [-0.4, -0.2) is 13.1 Å². The summed E-state index contributed by atoms with van der Waals surface area (Å²) >= 11 is 0. The number of benzene rings is 2. The van der Waals surface area contributed by atoms with E-state index in [1.807, 2.05) is 0 Å². The van der Waals surface area contributed by atoms with E-state index in [-0.39, 0.29) is 0 Å². The minimum absolute atomic E-state index is 1.03. The molecule has 2 aromatic carbocycles. The zero-order valence-electron chi connectivity index (χ0n) is 12.3. The van der Waals surface area contributed by atoms with Crippen molar-refractivity contribution in [2.24, 2.45) is 0 Å². The van der Waals surface area contributed by atoms with Crippen molar-refractivity contribution in [3.63, 3.8) is 0 Å². The summed E-state index contributed by atoms with van der Waals surface area (Å²) in [6, 6.07) is 17.7. The minimum Gasteiger partial charge on any atom is -0.372 e. The van der Waals surface area contributed by atoms with E-state index in [2.05, 4.69) is 60.4 Å². The van der Waals surface area contributed by atoms with Gasteiger partial charge >= 0.3 is 0 Å². The Hall–Kier alpha value is -1.76. The summed E-state index contributed by atoms with van der Waals surface area (Å²) in [5, 5.41) is 0. The maximum absolute atomic E-state index is 2.53. The van der Waals surface area contributed by atoms with E-state index in [4.69, 9.17) is 0 Å². The van der Waals surface area contributed by atoms with E-state index in [0.29, 0.717) is 0 Å². The maximum Gasteiger partial charge on any atom is 0.0369 e. The summed E-state index contributed by atoms with van der Waals surface area (Å²) in [4.78, 5) is 2.53. The minimum atomic E-state index is 1.03. The van der Waals surface area contributed by atoms with Crippen molar-refractivity contribution in [3.05, 3.63) is 65.2 Å². The highest BCUT2D eigenvalue weighted by Gasteiger charge is 2.11. The van der Waals surface area contributed by atoms with Crippen LogP contribution in [-0.2, 0) is 6.42 Å². The van der Waals surface area contributed by atoms with Crippen LogP contribution in [0, 0.1) is 6.92 Å². The van der Waals surface area contributed by atoms with Gasteiger partial charge in [0.25, 0.3) is 0 Å². The zero-order valence-corrected chi connectivity index (χ0v) is 12.3. The molecule has 1 aliphatic heterocycles. The van der Waals surface area contributed by atoms with Gasteiger partial charge in [-0.05, 0) is 61.4 Å². The average Bonchev–Trinajstić information content (AvgIpc) is 2.51. The van der Waals surface area contributed by atoms with Gasteiger partial charge in [0.1, 0.15) is 0 Å². The summed E-state index contributed by atoms with van der Waals surface area (Å²) in [7, 11) is 0. The van der Waals surface area contributed by atoms with Crippen LogP contribution in [0.1, 0.15) is 36.0 Å². The number of rotatable bonds is 3. The largest absolute Gasteiger partial charge is 0.372 e. The van der Waals surface area contributed by atoms with Crippen molar-refractivity contribution < 1.29 is 0 Å². The molecule has 2 aromatic rings. The van der Waals surface area contributed by atoms with Gasteiger partial charge in [0.15, 0.2) is 0 Å². The van der Waals surface area contributed by atoms with Crippen LogP contribution in [0.5, 0.6) is 0 Å². The van der Waals surface area contributed by atoms with Gasteiger partial charge in [-0.2, -0.15) is 0 Å². The fraction of sp³-hybridized carbons (Fsp3) is 0.368. The Morgan fingerprint density at radius 1 is 0.900 bits per heavy atom. The summed E-state index contributed by atoms with van der Waals surface area (Å²) < 4.78 is 0. The Morgan fingerprint density at radius 2 is 1.65 bits per heavy atom. The molecule has 1 heteroatoms. The number of piperidine rings is 1. The summed E-state index contributed by atoms with van der Waals surface area (Å²) in [6.45, 7) is 4.68. The lowest BCUT2D eigenvalue weighted by molar-refractivity contribution is 0.578. The standard InChI is InChI=1S/C19H23N/c1-16-14-19(20-12-6-3-7-13-20)11-10-18(16)15-17-8-4-2-5-9-17/h2,4-5,8-11,14H,3,6-7,12-13,15H2,1H3. The first-order chi connectivity index (χ1) is 9.83. The average molecular weight is 265 g/mol. The molecule has 0 saturated carbocycles. The molecule has 0 radical (unpaired) electrons. The molecule has 1 saturated heterocycles. The second-order valence-electron chi connectivity index (χ2n) is 5.82. The van der Waals surface area contributed by atoms with Crippen molar-refractivity contribution in [3.8, 4) is 0 Å².